The molecule has 0 bridgehead atoms. The van der Waals surface area contributed by atoms with Crippen LogP contribution < -0.4 is 5.73 Å². The summed E-state index contributed by atoms with van der Waals surface area (Å²) >= 11 is 5.12. The summed E-state index contributed by atoms with van der Waals surface area (Å²) in [7, 11) is 0. The third kappa shape index (κ3) is 2.19. The molecule has 2 heterocycles. The highest BCUT2D eigenvalue weighted by Crippen LogP contribution is 2.29. The van der Waals surface area contributed by atoms with Crippen molar-refractivity contribution in [2.45, 2.75) is 6.04 Å². The van der Waals surface area contributed by atoms with Crippen molar-refractivity contribution >= 4 is 38.2 Å². The van der Waals surface area contributed by atoms with E-state index in [2.05, 4.69) is 56.6 Å². The molecule has 0 fully saturated rings. The Balaban J connectivity index is 2.03. The lowest BCUT2D eigenvalue weighted by Crippen LogP contribution is -2.10. The summed E-state index contributed by atoms with van der Waals surface area (Å²) in [6, 6.07) is 12.2. The molecule has 0 aliphatic heterocycles. The van der Waals surface area contributed by atoms with Crippen LogP contribution in [-0.4, -0.2) is 4.98 Å². The molecule has 0 spiro atoms. The lowest BCUT2D eigenvalue weighted by Gasteiger charge is -2.10. The zero-order valence-corrected chi connectivity index (χ0v) is 11.9. The van der Waals surface area contributed by atoms with Gasteiger partial charge >= 0.3 is 0 Å². The van der Waals surface area contributed by atoms with Gasteiger partial charge in [0.15, 0.2) is 0 Å². The van der Waals surface area contributed by atoms with Gasteiger partial charge in [-0.1, -0.05) is 18.2 Å². The number of benzene rings is 1. The number of pyridine rings is 1. The van der Waals surface area contributed by atoms with Gasteiger partial charge in [0.05, 0.1) is 11.6 Å². The molecule has 2 aromatic heterocycles. The number of thiophene rings is 1. The van der Waals surface area contributed by atoms with Crippen LogP contribution >= 0.6 is 27.3 Å². The average Bonchev–Trinajstić information content (AvgIpc) is 2.84. The number of halogens is 1. The van der Waals surface area contributed by atoms with Crippen molar-refractivity contribution < 1.29 is 0 Å². The lowest BCUT2D eigenvalue weighted by atomic mass is 10.0. The van der Waals surface area contributed by atoms with E-state index >= 15 is 0 Å². The molecule has 0 radical (unpaired) electrons. The maximum atomic E-state index is 6.28. The van der Waals surface area contributed by atoms with Gasteiger partial charge in [0.2, 0.25) is 0 Å². The van der Waals surface area contributed by atoms with Crippen LogP contribution in [0, 0.1) is 0 Å². The van der Waals surface area contributed by atoms with Crippen LogP contribution in [0.15, 0.2) is 52.4 Å². The Morgan fingerprint density at radius 3 is 2.89 bits per heavy atom. The molecule has 18 heavy (non-hydrogen) atoms. The molecule has 0 saturated carbocycles. The Labute approximate surface area is 118 Å². The minimum absolute atomic E-state index is 0.0901. The molecule has 2 N–H and O–H groups in total. The van der Waals surface area contributed by atoms with E-state index in [-0.39, 0.29) is 6.04 Å². The van der Waals surface area contributed by atoms with Gasteiger partial charge in [-0.15, -0.1) is 11.3 Å². The third-order valence-corrected chi connectivity index (χ3v) is 4.66. The van der Waals surface area contributed by atoms with E-state index < -0.39 is 0 Å². The zero-order chi connectivity index (χ0) is 12.5. The highest BCUT2D eigenvalue weighted by Gasteiger charge is 2.11. The van der Waals surface area contributed by atoms with E-state index in [1.807, 2.05) is 6.07 Å². The van der Waals surface area contributed by atoms with Gasteiger partial charge in [-0.05, 0) is 39.7 Å². The van der Waals surface area contributed by atoms with Crippen LogP contribution in [0.25, 0.3) is 10.9 Å². The van der Waals surface area contributed by atoms with Crippen LogP contribution in [0.5, 0.6) is 0 Å². The van der Waals surface area contributed by atoms with Crippen molar-refractivity contribution in [1.29, 1.82) is 0 Å². The fourth-order valence-corrected chi connectivity index (χ4v) is 3.41. The van der Waals surface area contributed by atoms with Crippen LogP contribution in [0.1, 0.15) is 16.5 Å². The maximum absolute atomic E-state index is 6.28. The van der Waals surface area contributed by atoms with Gasteiger partial charge in [0.25, 0.3) is 0 Å². The minimum Gasteiger partial charge on any atom is -0.320 e. The van der Waals surface area contributed by atoms with E-state index in [0.29, 0.717) is 0 Å². The van der Waals surface area contributed by atoms with E-state index in [0.717, 1.165) is 25.8 Å². The Morgan fingerprint density at radius 1 is 1.22 bits per heavy atom. The molecular formula is C14H11BrN2S. The van der Waals surface area contributed by atoms with Gasteiger partial charge in [0, 0.05) is 26.3 Å². The Bertz CT molecular complexity index is 693. The summed E-state index contributed by atoms with van der Waals surface area (Å²) in [5.41, 5.74) is 8.36. The lowest BCUT2D eigenvalue weighted by molar-refractivity contribution is 0.894. The molecule has 1 atom stereocenters. The first-order valence-corrected chi connectivity index (χ1v) is 7.25. The second-order valence-corrected chi connectivity index (χ2v) is 5.96. The molecule has 3 aromatic rings. The van der Waals surface area contributed by atoms with Gasteiger partial charge in [0.1, 0.15) is 0 Å². The van der Waals surface area contributed by atoms with Crippen molar-refractivity contribution in [2.24, 2.45) is 5.73 Å². The average molecular weight is 319 g/mol. The fourth-order valence-electron chi connectivity index (χ4n) is 1.93. The molecule has 1 aromatic carbocycles. The van der Waals surface area contributed by atoms with E-state index in [1.165, 1.54) is 0 Å². The molecule has 1 unspecified atom stereocenters. The van der Waals surface area contributed by atoms with Crippen molar-refractivity contribution in [3.05, 3.63) is 62.9 Å². The summed E-state index contributed by atoms with van der Waals surface area (Å²) in [4.78, 5) is 5.51. The molecule has 0 aliphatic carbocycles. The SMILES string of the molecule is NC(c1ccc2cccnc2c1)c1cc(Br)cs1. The second kappa shape index (κ2) is 4.80. The molecule has 3 rings (SSSR count). The van der Waals surface area contributed by atoms with Crippen LogP contribution in [0.3, 0.4) is 0 Å². The maximum Gasteiger partial charge on any atom is 0.0705 e. The molecule has 0 amide bonds. The monoisotopic (exact) mass is 318 g/mol. The number of fused-ring (bicyclic) bond motifs is 1. The number of nitrogens with zero attached hydrogens (tertiary/aromatic N) is 1. The number of rotatable bonds is 2. The highest BCUT2D eigenvalue weighted by molar-refractivity contribution is 9.10. The molecule has 0 aliphatic rings. The predicted molar refractivity (Wildman–Crippen MR) is 79.8 cm³/mol. The van der Waals surface area contributed by atoms with Crippen molar-refractivity contribution in [3.8, 4) is 0 Å². The molecule has 0 saturated heterocycles. The van der Waals surface area contributed by atoms with Gasteiger partial charge in [-0.3, -0.25) is 4.98 Å². The number of nitrogens with two attached hydrogens (primary N) is 1. The first-order chi connectivity index (χ1) is 8.74. The Kier molecular flexibility index (Phi) is 3.16. The number of hydrogen-bond acceptors (Lipinski definition) is 3. The van der Waals surface area contributed by atoms with E-state index in [1.54, 1.807) is 17.5 Å². The van der Waals surface area contributed by atoms with Gasteiger partial charge < -0.3 is 5.73 Å². The molecule has 90 valence electrons. The highest BCUT2D eigenvalue weighted by atomic mass is 79.9. The van der Waals surface area contributed by atoms with Gasteiger partial charge in [-0.25, -0.2) is 0 Å². The fraction of sp³-hybridized carbons (Fsp3) is 0.0714. The predicted octanol–water partition coefficient (Wildman–Crippen LogP) is 4.11. The normalized spacial score (nSPS) is 12.8. The first-order valence-electron chi connectivity index (χ1n) is 5.58. The summed E-state index contributed by atoms with van der Waals surface area (Å²) in [6.07, 6.45) is 1.80. The zero-order valence-electron chi connectivity index (χ0n) is 9.51. The molecule has 2 nitrogen and oxygen atoms in total. The first kappa shape index (κ1) is 11.8. The van der Waals surface area contributed by atoms with Crippen molar-refractivity contribution in [3.63, 3.8) is 0 Å². The van der Waals surface area contributed by atoms with Crippen LogP contribution in [-0.2, 0) is 0 Å². The minimum atomic E-state index is -0.0901. The quantitative estimate of drug-likeness (QED) is 0.772. The number of hydrogen-bond donors (Lipinski definition) is 1. The van der Waals surface area contributed by atoms with Crippen LogP contribution in [0.4, 0.5) is 0 Å². The smallest absolute Gasteiger partial charge is 0.0705 e. The summed E-state index contributed by atoms with van der Waals surface area (Å²) in [6.45, 7) is 0. The standard InChI is InChI=1S/C14H11BrN2S/c15-11-7-13(18-8-11)14(16)10-4-3-9-2-1-5-17-12(9)6-10/h1-8,14H,16H2. The largest absolute Gasteiger partial charge is 0.320 e. The molecule has 4 heteroatoms. The Morgan fingerprint density at radius 2 is 2.11 bits per heavy atom. The van der Waals surface area contributed by atoms with Crippen LogP contribution in [0.2, 0.25) is 0 Å². The Hall–Kier alpha value is -1.23. The van der Waals surface area contributed by atoms with Crippen molar-refractivity contribution in [1.82, 2.24) is 4.98 Å². The van der Waals surface area contributed by atoms with Gasteiger partial charge in [-0.2, -0.15) is 0 Å². The topological polar surface area (TPSA) is 38.9 Å². The summed E-state index contributed by atoms with van der Waals surface area (Å²) < 4.78 is 1.08. The summed E-state index contributed by atoms with van der Waals surface area (Å²) in [5, 5.41) is 3.19. The summed E-state index contributed by atoms with van der Waals surface area (Å²) in [5.74, 6) is 0. The van der Waals surface area contributed by atoms with E-state index in [9.17, 15) is 0 Å². The van der Waals surface area contributed by atoms with Crippen molar-refractivity contribution in [2.75, 3.05) is 0 Å². The number of aromatic nitrogens is 1. The third-order valence-electron chi connectivity index (χ3n) is 2.88. The van der Waals surface area contributed by atoms with E-state index in [4.69, 9.17) is 5.73 Å². The second-order valence-electron chi connectivity index (χ2n) is 4.10. The molecular weight excluding hydrogens is 308 g/mol.